The number of carbonyl (C=O) groups excluding carboxylic acids is 3. The molecule has 10 N–H and O–H groups in total. The molecule has 0 saturated heterocycles. The van der Waals surface area contributed by atoms with Gasteiger partial charge in [0.2, 0.25) is 0 Å². The fourth-order valence-corrected chi connectivity index (χ4v) is 4.30. The summed E-state index contributed by atoms with van der Waals surface area (Å²) in [5, 5.41) is 6.42. The molecule has 0 heterocycles. The second-order valence-corrected chi connectivity index (χ2v) is 11.1. The highest BCUT2D eigenvalue weighted by atomic mass is 16.5. The van der Waals surface area contributed by atoms with Crippen LogP contribution in [-0.2, 0) is 16.0 Å². The molecule has 0 fully saturated rings. The minimum atomic E-state index is -0.429. The summed E-state index contributed by atoms with van der Waals surface area (Å²) in [7, 11) is 2.60. The third kappa shape index (κ3) is 31.1. The van der Waals surface area contributed by atoms with Crippen LogP contribution in [0, 0.1) is 0 Å². The van der Waals surface area contributed by atoms with Gasteiger partial charge in [-0.25, -0.2) is 9.59 Å². The first kappa shape index (κ1) is 54.4. The standard InChI is InChI=1S/C20H36N4O.C10H10O4.C6H16N2.C2H6.2CH4/c21-13-5-1-3-7-15-23-17-18-9-11-19(12-10-18)20(25)24-16-8-4-2-6-14-22;1-13-9(11)7-3-5-8(6-4-7)10(12)14-2;7-5-3-1-2-4-6-8;1-2;;/h9-12,23H,1-8,13-17,21-22H2,(H,24,25);3-6H,1-2H3;1-8H2;1-2H3;2*1H4. The lowest BCUT2D eigenvalue weighted by Crippen LogP contribution is -2.24. The van der Waals surface area contributed by atoms with E-state index in [0.717, 1.165) is 96.3 Å². The zero-order valence-electron chi connectivity index (χ0n) is 30.9. The van der Waals surface area contributed by atoms with Gasteiger partial charge in [0, 0.05) is 18.7 Å². The number of nitrogens with one attached hydrogen (secondary N) is 2. The van der Waals surface area contributed by atoms with Gasteiger partial charge in [-0.3, -0.25) is 4.79 Å². The van der Waals surface area contributed by atoms with Gasteiger partial charge in [-0.1, -0.05) is 79.4 Å². The number of nitrogens with two attached hydrogens (primary N) is 4. The minimum absolute atomic E-state index is 0. The zero-order valence-corrected chi connectivity index (χ0v) is 30.9. The van der Waals surface area contributed by atoms with Gasteiger partial charge >= 0.3 is 11.9 Å². The van der Waals surface area contributed by atoms with Gasteiger partial charge in [-0.2, -0.15) is 0 Å². The predicted molar refractivity (Wildman–Crippen MR) is 216 cm³/mol. The van der Waals surface area contributed by atoms with E-state index in [9.17, 15) is 14.4 Å². The largest absolute Gasteiger partial charge is 0.465 e. The molecule has 0 unspecified atom stereocenters. The second kappa shape index (κ2) is 41.1. The maximum Gasteiger partial charge on any atom is 0.337 e. The Bertz CT molecular complexity index is 1010. The van der Waals surface area contributed by atoms with Crippen LogP contribution in [0.1, 0.15) is 142 Å². The van der Waals surface area contributed by atoms with E-state index in [1.54, 1.807) is 0 Å². The number of ether oxygens (including phenoxy) is 2. The van der Waals surface area contributed by atoms with Crippen LogP contribution < -0.4 is 33.6 Å². The highest BCUT2D eigenvalue weighted by molar-refractivity contribution is 5.94. The summed E-state index contributed by atoms with van der Waals surface area (Å²) < 4.78 is 9.02. The number of hydrogen-bond donors (Lipinski definition) is 6. The summed E-state index contributed by atoms with van der Waals surface area (Å²) in [6.45, 7) is 9.80. The Labute approximate surface area is 311 Å². The molecule has 0 atom stereocenters. The van der Waals surface area contributed by atoms with Crippen LogP contribution in [-0.4, -0.2) is 71.3 Å². The van der Waals surface area contributed by atoms with Gasteiger partial charge in [0.25, 0.3) is 5.91 Å². The number of rotatable bonds is 22. The Hall–Kier alpha value is -3.35. The van der Waals surface area contributed by atoms with Crippen LogP contribution in [0.15, 0.2) is 48.5 Å². The highest BCUT2D eigenvalue weighted by Gasteiger charge is 2.08. The van der Waals surface area contributed by atoms with Crippen molar-refractivity contribution >= 4 is 17.8 Å². The second-order valence-electron chi connectivity index (χ2n) is 11.1. The molecule has 0 spiro atoms. The molecule has 2 rings (SSSR count). The van der Waals surface area contributed by atoms with E-state index in [0.29, 0.717) is 11.1 Å². The summed E-state index contributed by atoms with van der Waals surface area (Å²) in [6, 6.07) is 13.9. The van der Waals surface area contributed by atoms with E-state index < -0.39 is 11.9 Å². The predicted octanol–water partition coefficient (Wildman–Crippen LogP) is 6.57. The highest BCUT2D eigenvalue weighted by Crippen LogP contribution is 2.07. The van der Waals surface area contributed by atoms with E-state index in [1.165, 1.54) is 76.2 Å². The van der Waals surface area contributed by atoms with Gasteiger partial charge in [0.15, 0.2) is 0 Å². The molecule has 0 radical (unpaired) electrons. The van der Waals surface area contributed by atoms with Crippen molar-refractivity contribution in [1.82, 2.24) is 10.6 Å². The molecule has 0 aromatic heterocycles. The van der Waals surface area contributed by atoms with Gasteiger partial charge < -0.3 is 43.0 Å². The molecule has 11 heteroatoms. The van der Waals surface area contributed by atoms with Gasteiger partial charge in [-0.05, 0) is 113 Å². The molecular formula is C40H76N6O5. The fraction of sp³-hybridized carbons (Fsp3) is 0.625. The zero-order chi connectivity index (χ0) is 37.0. The fourth-order valence-electron chi connectivity index (χ4n) is 4.30. The molecule has 0 saturated carbocycles. The molecule has 1 amide bonds. The summed E-state index contributed by atoms with van der Waals surface area (Å²) in [5.74, 6) is -0.846. The Morgan fingerprint density at radius 3 is 1.20 bits per heavy atom. The monoisotopic (exact) mass is 721 g/mol. The van der Waals surface area contributed by atoms with Crippen LogP contribution in [0.5, 0.6) is 0 Å². The Kier molecular flexibility index (Phi) is 43.8. The van der Waals surface area contributed by atoms with E-state index >= 15 is 0 Å². The lowest BCUT2D eigenvalue weighted by atomic mass is 10.1. The van der Waals surface area contributed by atoms with E-state index in [-0.39, 0.29) is 20.8 Å². The SMILES string of the molecule is C.C.CC.COC(=O)c1ccc(C(=O)OC)cc1.NCCCCCCN.NCCCCCCNCc1ccc(C(=O)NCCCCCCN)cc1. The molecular weight excluding hydrogens is 644 g/mol. The average Bonchev–Trinajstić information content (AvgIpc) is 3.15. The Morgan fingerprint density at radius 2 is 0.843 bits per heavy atom. The van der Waals surface area contributed by atoms with Crippen molar-refractivity contribution in [2.75, 3.05) is 53.5 Å². The van der Waals surface area contributed by atoms with Crippen molar-refractivity contribution < 1.29 is 23.9 Å². The van der Waals surface area contributed by atoms with Crippen molar-refractivity contribution in [3.05, 3.63) is 70.8 Å². The average molecular weight is 721 g/mol. The summed E-state index contributed by atoms with van der Waals surface area (Å²) in [6.07, 6.45) is 13.9. The lowest BCUT2D eigenvalue weighted by molar-refractivity contribution is 0.0586. The molecule has 2 aromatic carbocycles. The van der Waals surface area contributed by atoms with Crippen molar-refractivity contribution in [2.24, 2.45) is 22.9 Å². The van der Waals surface area contributed by atoms with E-state index in [4.69, 9.17) is 22.9 Å². The Balaban J connectivity index is -0.000000358. The quantitative estimate of drug-likeness (QED) is 0.0572. The van der Waals surface area contributed by atoms with Gasteiger partial charge in [0.05, 0.1) is 25.3 Å². The number of unbranched alkanes of at least 4 members (excludes halogenated alkanes) is 9. The van der Waals surface area contributed by atoms with E-state index in [1.807, 2.05) is 38.1 Å². The first-order chi connectivity index (χ1) is 23.9. The van der Waals surface area contributed by atoms with Crippen molar-refractivity contribution in [3.8, 4) is 0 Å². The molecule has 11 nitrogen and oxygen atoms in total. The summed E-state index contributed by atoms with van der Waals surface area (Å²) in [5.41, 5.74) is 24.2. The van der Waals surface area contributed by atoms with Crippen LogP contribution in [0.25, 0.3) is 0 Å². The number of benzene rings is 2. The number of amides is 1. The molecule has 0 aliphatic heterocycles. The first-order valence-corrected chi connectivity index (χ1v) is 18.0. The first-order valence-electron chi connectivity index (χ1n) is 18.0. The number of methoxy groups -OCH3 is 2. The van der Waals surface area contributed by atoms with E-state index in [2.05, 4.69) is 20.1 Å². The normalized spacial score (nSPS) is 9.49. The smallest absolute Gasteiger partial charge is 0.337 e. The molecule has 296 valence electrons. The van der Waals surface area contributed by atoms with Crippen molar-refractivity contribution in [2.45, 2.75) is 112 Å². The third-order valence-corrected chi connectivity index (χ3v) is 7.15. The van der Waals surface area contributed by atoms with Crippen molar-refractivity contribution in [1.29, 1.82) is 0 Å². The maximum atomic E-state index is 12.1. The number of hydrogen-bond acceptors (Lipinski definition) is 10. The lowest BCUT2D eigenvalue weighted by Gasteiger charge is -2.07. The molecule has 0 bridgehead atoms. The molecule has 2 aromatic rings. The summed E-state index contributed by atoms with van der Waals surface area (Å²) >= 11 is 0. The van der Waals surface area contributed by atoms with Crippen LogP contribution >= 0.6 is 0 Å². The number of carbonyl (C=O) groups is 3. The summed E-state index contributed by atoms with van der Waals surface area (Å²) in [4.78, 5) is 34.1. The molecule has 0 aliphatic carbocycles. The van der Waals surface area contributed by atoms with Gasteiger partial charge in [0.1, 0.15) is 0 Å². The maximum absolute atomic E-state index is 12.1. The topological polar surface area (TPSA) is 198 Å². The minimum Gasteiger partial charge on any atom is -0.465 e. The van der Waals surface area contributed by atoms with Crippen LogP contribution in [0.3, 0.4) is 0 Å². The van der Waals surface area contributed by atoms with Crippen LogP contribution in [0.2, 0.25) is 0 Å². The molecule has 51 heavy (non-hydrogen) atoms. The van der Waals surface area contributed by atoms with Crippen molar-refractivity contribution in [3.63, 3.8) is 0 Å². The third-order valence-electron chi connectivity index (χ3n) is 7.15. The van der Waals surface area contributed by atoms with Gasteiger partial charge in [-0.15, -0.1) is 0 Å². The van der Waals surface area contributed by atoms with Crippen LogP contribution in [0.4, 0.5) is 0 Å². The molecule has 0 aliphatic rings. The number of esters is 2. The Morgan fingerprint density at radius 1 is 0.510 bits per heavy atom.